The number of aromatic nitrogens is 1. The van der Waals surface area contributed by atoms with Crippen LogP contribution in [0.3, 0.4) is 0 Å². The Morgan fingerprint density at radius 1 is 1.12 bits per heavy atom. The molecular formula is C30H29N5O3S2. The lowest BCUT2D eigenvalue weighted by Crippen LogP contribution is -2.24. The second-order valence-corrected chi connectivity index (χ2v) is 11.5. The van der Waals surface area contributed by atoms with E-state index in [0.717, 1.165) is 58.7 Å². The van der Waals surface area contributed by atoms with Gasteiger partial charge in [0, 0.05) is 24.2 Å². The molecular weight excluding hydrogens is 542 g/mol. The van der Waals surface area contributed by atoms with Crippen molar-refractivity contribution in [2.45, 2.75) is 39.0 Å². The number of nitriles is 1. The molecule has 3 heterocycles. The molecule has 40 heavy (non-hydrogen) atoms. The number of benzene rings is 2. The van der Waals surface area contributed by atoms with E-state index in [2.05, 4.69) is 46.2 Å². The molecule has 204 valence electrons. The predicted molar refractivity (Wildman–Crippen MR) is 160 cm³/mol. The number of carbonyl (C=O) groups is 1. The quantitative estimate of drug-likeness (QED) is 0.0474. The van der Waals surface area contributed by atoms with Gasteiger partial charge in [-0.2, -0.15) is 5.26 Å². The van der Waals surface area contributed by atoms with Gasteiger partial charge < -0.3 is 14.4 Å². The van der Waals surface area contributed by atoms with Crippen molar-refractivity contribution in [3.05, 3.63) is 64.5 Å². The first-order chi connectivity index (χ1) is 19.5. The van der Waals surface area contributed by atoms with Crippen LogP contribution in [0.2, 0.25) is 0 Å². The highest BCUT2D eigenvalue weighted by Crippen LogP contribution is 2.36. The molecule has 0 fully saturated rings. The van der Waals surface area contributed by atoms with E-state index < -0.39 is 5.97 Å². The summed E-state index contributed by atoms with van der Waals surface area (Å²) in [5.41, 5.74) is 3.26. The van der Waals surface area contributed by atoms with Gasteiger partial charge in [-0.3, -0.25) is 0 Å². The monoisotopic (exact) mass is 571 g/mol. The lowest BCUT2D eigenvalue weighted by atomic mass is 10.0. The minimum Gasteiger partial charge on any atom is -0.494 e. The van der Waals surface area contributed by atoms with Gasteiger partial charge in [-0.15, -0.1) is 21.6 Å². The highest BCUT2D eigenvalue weighted by Gasteiger charge is 2.16. The normalized spacial score (nSPS) is 13.4. The van der Waals surface area contributed by atoms with Gasteiger partial charge in [-0.25, -0.2) is 9.78 Å². The summed E-state index contributed by atoms with van der Waals surface area (Å²) >= 11 is 2.79. The minimum absolute atomic E-state index is 0.0910. The summed E-state index contributed by atoms with van der Waals surface area (Å²) in [5, 5.41) is 18.9. The minimum atomic E-state index is -0.713. The molecule has 0 saturated carbocycles. The smallest absolute Gasteiger partial charge is 0.354 e. The highest BCUT2D eigenvalue weighted by atomic mass is 32.1. The van der Waals surface area contributed by atoms with Crippen LogP contribution in [-0.4, -0.2) is 31.2 Å². The molecule has 0 amide bonds. The molecule has 0 unspecified atom stereocenters. The van der Waals surface area contributed by atoms with Gasteiger partial charge in [0.2, 0.25) is 5.13 Å². The van der Waals surface area contributed by atoms with Crippen LogP contribution in [0, 0.1) is 11.3 Å². The summed E-state index contributed by atoms with van der Waals surface area (Å²) in [5.74, 6) is 0.351. The van der Waals surface area contributed by atoms with Gasteiger partial charge in [0.25, 0.3) is 0 Å². The molecule has 8 nitrogen and oxygen atoms in total. The lowest BCUT2D eigenvalue weighted by Gasteiger charge is -2.27. The number of hydrogen-bond acceptors (Lipinski definition) is 10. The number of unbranched alkanes of at least 4 members (excludes halogenated alkanes) is 2. The van der Waals surface area contributed by atoms with E-state index >= 15 is 0 Å². The van der Waals surface area contributed by atoms with E-state index in [1.807, 2.05) is 18.2 Å². The van der Waals surface area contributed by atoms with E-state index in [1.165, 1.54) is 40.0 Å². The van der Waals surface area contributed by atoms with Crippen molar-refractivity contribution in [1.29, 1.82) is 5.26 Å². The molecule has 5 rings (SSSR count). The Balaban J connectivity index is 1.21. The molecule has 4 aromatic rings. The van der Waals surface area contributed by atoms with Gasteiger partial charge in [0.15, 0.2) is 0 Å². The van der Waals surface area contributed by atoms with Crippen molar-refractivity contribution in [2.24, 2.45) is 10.2 Å². The SMILES string of the molecule is CCCCCOc1ccc(OC(=O)/C(C#N)=C/c2cc3sc(/N=N/c4ccc5c(c4)CCCN5C)nc3s2)cc1. The maximum absolute atomic E-state index is 12.6. The van der Waals surface area contributed by atoms with E-state index in [-0.39, 0.29) is 5.57 Å². The van der Waals surface area contributed by atoms with Gasteiger partial charge in [-0.05, 0) is 79.4 Å². The average molecular weight is 572 g/mol. The topological polar surface area (TPSA) is 100 Å². The van der Waals surface area contributed by atoms with Gasteiger partial charge in [-0.1, -0.05) is 31.1 Å². The average Bonchev–Trinajstić information content (AvgIpc) is 3.52. The van der Waals surface area contributed by atoms with Crippen molar-refractivity contribution in [3.63, 3.8) is 0 Å². The fourth-order valence-corrected chi connectivity index (χ4v) is 6.36. The number of hydrogen-bond donors (Lipinski definition) is 0. The van der Waals surface area contributed by atoms with Gasteiger partial charge in [0.05, 0.1) is 17.0 Å². The van der Waals surface area contributed by atoms with E-state index in [9.17, 15) is 10.1 Å². The summed E-state index contributed by atoms with van der Waals surface area (Å²) < 4.78 is 12.0. The van der Waals surface area contributed by atoms with Crippen LogP contribution < -0.4 is 14.4 Å². The Hall–Kier alpha value is -4.07. The zero-order chi connectivity index (χ0) is 27.9. The third-order valence-corrected chi connectivity index (χ3v) is 8.43. The molecule has 0 saturated heterocycles. The van der Waals surface area contributed by atoms with Crippen LogP contribution in [0.5, 0.6) is 11.5 Å². The largest absolute Gasteiger partial charge is 0.494 e. The number of aryl methyl sites for hydroxylation is 1. The predicted octanol–water partition coefficient (Wildman–Crippen LogP) is 8.24. The molecule has 2 aromatic heterocycles. The standard InChI is InChI=1S/C30H29N5O3S2/c1-3-4-5-15-37-23-9-11-24(12-10-23)38-29(36)21(19-31)17-25-18-27-28(39-25)32-30(40-27)34-33-22-8-13-26-20(16-22)7-6-14-35(26)2/h8-13,16-18H,3-7,14-15H2,1-2H3/b21-17+,34-33+. The van der Waals surface area contributed by atoms with Gasteiger partial charge in [0.1, 0.15) is 28.0 Å². The van der Waals surface area contributed by atoms with E-state index in [4.69, 9.17) is 9.47 Å². The molecule has 10 heteroatoms. The van der Waals surface area contributed by atoms with Crippen LogP contribution in [0.25, 0.3) is 15.6 Å². The lowest BCUT2D eigenvalue weighted by molar-refractivity contribution is -0.129. The Bertz CT molecular complexity index is 1570. The first kappa shape index (κ1) is 27.5. The van der Waals surface area contributed by atoms with Crippen LogP contribution in [0.4, 0.5) is 16.5 Å². The molecule has 2 aromatic carbocycles. The van der Waals surface area contributed by atoms with Crippen molar-refractivity contribution in [2.75, 3.05) is 25.1 Å². The fraction of sp³-hybridized carbons (Fsp3) is 0.300. The Labute approximate surface area is 241 Å². The number of esters is 1. The van der Waals surface area contributed by atoms with Crippen LogP contribution >= 0.6 is 22.7 Å². The van der Waals surface area contributed by atoms with Crippen LogP contribution in [0.1, 0.15) is 43.0 Å². The van der Waals surface area contributed by atoms with E-state index in [1.54, 1.807) is 24.3 Å². The first-order valence-corrected chi connectivity index (χ1v) is 14.9. The summed E-state index contributed by atoms with van der Waals surface area (Å²) in [4.78, 5) is 21.0. The molecule has 1 aliphatic heterocycles. The Morgan fingerprint density at radius 3 is 2.73 bits per heavy atom. The van der Waals surface area contributed by atoms with Crippen LogP contribution in [-0.2, 0) is 11.2 Å². The molecule has 0 atom stereocenters. The maximum Gasteiger partial charge on any atom is 0.354 e. The number of azo groups is 1. The molecule has 0 radical (unpaired) electrons. The first-order valence-electron chi connectivity index (χ1n) is 13.3. The zero-order valence-corrected chi connectivity index (χ0v) is 24.1. The molecule has 0 aliphatic carbocycles. The second-order valence-electron chi connectivity index (χ2n) is 9.44. The summed E-state index contributed by atoms with van der Waals surface area (Å²) in [6.45, 7) is 3.87. The number of nitrogens with zero attached hydrogens (tertiary/aromatic N) is 5. The molecule has 0 spiro atoms. The molecule has 1 aliphatic rings. The van der Waals surface area contributed by atoms with Crippen molar-refractivity contribution in [1.82, 2.24) is 4.98 Å². The highest BCUT2D eigenvalue weighted by molar-refractivity contribution is 7.29. The summed E-state index contributed by atoms with van der Waals surface area (Å²) in [7, 11) is 2.11. The zero-order valence-electron chi connectivity index (χ0n) is 22.4. The molecule has 0 N–H and O–H groups in total. The number of rotatable bonds is 10. The second kappa shape index (κ2) is 12.9. The number of thiazole rings is 1. The summed E-state index contributed by atoms with van der Waals surface area (Å²) in [6.07, 6.45) is 6.96. The third-order valence-electron chi connectivity index (χ3n) is 6.44. The number of anilines is 1. The van der Waals surface area contributed by atoms with Crippen LogP contribution in [0.15, 0.2) is 64.3 Å². The van der Waals surface area contributed by atoms with E-state index in [0.29, 0.717) is 23.2 Å². The third kappa shape index (κ3) is 6.73. The number of thiophene rings is 1. The van der Waals surface area contributed by atoms with Crippen molar-refractivity contribution >= 4 is 60.8 Å². The maximum atomic E-state index is 12.6. The Kier molecular flexibility index (Phi) is 8.84. The van der Waals surface area contributed by atoms with Crippen molar-refractivity contribution < 1.29 is 14.3 Å². The fourth-order valence-electron chi connectivity index (χ4n) is 4.38. The van der Waals surface area contributed by atoms with Crippen molar-refractivity contribution in [3.8, 4) is 17.6 Å². The molecule has 0 bridgehead atoms. The van der Waals surface area contributed by atoms with Gasteiger partial charge >= 0.3 is 5.97 Å². The Morgan fingerprint density at radius 2 is 1.95 bits per heavy atom. The number of carbonyl (C=O) groups excluding carboxylic acids is 1. The summed E-state index contributed by atoms with van der Waals surface area (Å²) in [6, 6.07) is 16.8. The number of fused-ring (bicyclic) bond motifs is 2. The number of ether oxygens (including phenoxy) is 2.